The average Bonchev–Trinajstić information content (AvgIpc) is 2.32. The summed E-state index contributed by atoms with van der Waals surface area (Å²) >= 11 is 0. The zero-order chi connectivity index (χ0) is 8.27. The maximum atomic E-state index is 11.0. The van der Waals surface area contributed by atoms with Crippen LogP contribution in [0.1, 0.15) is 26.2 Å². The van der Waals surface area contributed by atoms with E-state index in [-0.39, 0.29) is 18.0 Å². The van der Waals surface area contributed by atoms with Crippen LogP contribution in [0.2, 0.25) is 0 Å². The lowest BCUT2D eigenvalue weighted by Gasteiger charge is -2.04. The zero-order valence-electron chi connectivity index (χ0n) is 6.88. The van der Waals surface area contributed by atoms with E-state index in [2.05, 4.69) is 13.5 Å². The van der Waals surface area contributed by atoms with Crippen molar-refractivity contribution in [2.24, 2.45) is 5.92 Å². The fourth-order valence-electron chi connectivity index (χ4n) is 1.37. The minimum atomic E-state index is -0.0987. The topological polar surface area (TPSA) is 26.3 Å². The SMILES string of the molecule is C=CC1CC(CCC)OC1=O. The van der Waals surface area contributed by atoms with Crippen molar-refractivity contribution in [3.8, 4) is 0 Å². The van der Waals surface area contributed by atoms with Crippen LogP contribution < -0.4 is 0 Å². The summed E-state index contributed by atoms with van der Waals surface area (Å²) in [6.45, 7) is 5.68. The fourth-order valence-corrected chi connectivity index (χ4v) is 1.37. The summed E-state index contributed by atoms with van der Waals surface area (Å²) in [6, 6.07) is 0. The quantitative estimate of drug-likeness (QED) is 0.458. The van der Waals surface area contributed by atoms with Crippen LogP contribution in [0, 0.1) is 5.92 Å². The molecule has 0 aromatic carbocycles. The minimum absolute atomic E-state index is 0.0495. The number of hydrogen-bond acceptors (Lipinski definition) is 2. The molecule has 1 fully saturated rings. The van der Waals surface area contributed by atoms with Gasteiger partial charge in [-0.25, -0.2) is 0 Å². The molecule has 1 heterocycles. The Balaban J connectivity index is 2.42. The molecule has 2 nitrogen and oxygen atoms in total. The summed E-state index contributed by atoms with van der Waals surface area (Å²) in [4.78, 5) is 11.0. The number of hydrogen-bond donors (Lipinski definition) is 0. The Labute approximate surface area is 67.2 Å². The summed E-state index contributed by atoms with van der Waals surface area (Å²) in [7, 11) is 0. The number of rotatable bonds is 3. The van der Waals surface area contributed by atoms with Gasteiger partial charge in [0.1, 0.15) is 6.10 Å². The molecule has 1 saturated heterocycles. The molecule has 1 aliphatic rings. The van der Waals surface area contributed by atoms with Gasteiger partial charge in [0.05, 0.1) is 5.92 Å². The van der Waals surface area contributed by atoms with E-state index in [1.807, 2.05) is 0 Å². The van der Waals surface area contributed by atoms with Crippen LogP contribution in [0.3, 0.4) is 0 Å². The Hall–Kier alpha value is -0.790. The highest BCUT2D eigenvalue weighted by Crippen LogP contribution is 2.24. The Kier molecular flexibility index (Phi) is 2.69. The molecule has 0 bridgehead atoms. The van der Waals surface area contributed by atoms with Gasteiger partial charge < -0.3 is 4.74 Å². The van der Waals surface area contributed by atoms with Crippen molar-refractivity contribution in [1.29, 1.82) is 0 Å². The van der Waals surface area contributed by atoms with Gasteiger partial charge >= 0.3 is 5.97 Å². The van der Waals surface area contributed by atoms with Crippen molar-refractivity contribution in [3.05, 3.63) is 12.7 Å². The highest BCUT2D eigenvalue weighted by molar-refractivity contribution is 5.76. The largest absolute Gasteiger partial charge is 0.462 e. The van der Waals surface area contributed by atoms with Crippen LogP contribution in [0.15, 0.2) is 12.7 Å². The van der Waals surface area contributed by atoms with Gasteiger partial charge in [-0.15, -0.1) is 6.58 Å². The van der Waals surface area contributed by atoms with E-state index in [0.29, 0.717) is 0 Å². The molecule has 0 aromatic rings. The van der Waals surface area contributed by atoms with Gasteiger partial charge in [-0.05, 0) is 6.42 Å². The molecule has 0 aromatic heterocycles. The predicted molar refractivity (Wildman–Crippen MR) is 43.1 cm³/mol. The summed E-state index contributed by atoms with van der Waals surface area (Å²) in [5, 5.41) is 0. The summed E-state index contributed by atoms with van der Waals surface area (Å²) in [6.07, 6.45) is 4.71. The maximum Gasteiger partial charge on any atom is 0.313 e. The van der Waals surface area contributed by atoms with Gasteiger partial charge in [-0.2, -0.15) is 0 Å². The molecule has 2 unspecified atom stereocenters. The van der Waals surface area contributed by atoms with Gasteiger partial charge in [0.15, 0.2) is 0 Å². The van der Waals surface area contributed by atoms with Crippen molar-refractivity contribution in [2.75, 3.05) is 0 Å². The molecule has 11 heavy (non-hydrogen) atoms. The molecule has 1 aliphatic heterocycles. The lowest BCUT2D eigenvalue weighted by Crippen LogP contribution is -2.05. The standard InChI is InChI=1S/C9H14O2/c1-3-5-8-6-7(4-2)9(10)11-8/h4,7-8H,2-3,5-6H2,1H3. The number of ether oxygens (including phenoxy) is 1. The second kappa shape index (κ2) is 3.56. The zero-order valence-corrected chi connectivity index (χ0v) is 6.88. The summed E-state index contributed by atoms with van der Waals surface area (Å²) in [5.74, 6) is -0.148. The van der Waals surface area contributed by atoms with Crippen LogP contribution in [-0.4, -0.2) is 12.1 Å². The minimum Gasteiger partial charge on any atom is -0.462 e. The highest BCUT2D eigenvalue weighted by Gasteiger charge is 2.31. The van der Waals surface area contributed by atoms with Gasteiger partial charge in [-0.1, -0.05) is 19.4 Å². The first kappa shape index (κ1) is 8.31. The van der Waals surface area contributed by atoms with Crippen molar-refractivity contribution in [1.82, 2.24) is 0 Å². The molecule has 0 radical (unpaired) electrons. The van der Waals surface area contributed by atoms with Crippen molar-refractivity contribution in [2.45, 2.75) is 32.3 Å². The molecule has 0 aliphatic carbocycles. The lowest BCUT2D eigenvalue weighted by molar-refractivity contribution is -0.143. The third kappa shape index (κ3) is 1.82. The first-order chi connectivity index (χ1) is 5.27. The lowest BCUT2D eigenvalue weighted by atomic mass is 10.0. The maximum absolute atomic E-state index is 11.0. The van der Waals surface area contributed by atoms with Gasteiger partial charge in [0.25, 0.3) is 0 Å². The Bertz CT molecular complexity index is 163. The second-order valence-electron chi connectivity index (χ2n) is 2.93. The molecular formula is C9H14O2. The molecule has 0 spiro atoms. The number of esters is 1. The van der Waals surface area contributed by atoms with Crippen molar-refractivity contribution >= 4 is 5.97 Å². The molecule has 62 valence electrons. The molecule has 1 rings (SSSR count). The monoisotopic (exact) mass is 154 g/mol. The normalized spacial score (nSPS) is 30.1. The van der Waals surface area contributed by atoms with Crippen molar-refractivity contribution < 1.29 is 9.53 Å². The fraction of sp³-hybridized carbons (Fsp3) is 0.667. The van der Waals surface area contributed by atoms with Gasteiger partial charge in [0.2, 0.25) is 0 Å². The van der Waals surface area contributed by atoms with Crippen molar-refractivity contribution in [3.63, 3.8) is 0 Å². The third-order valence-electron chi connectivity index (χ3n) is 2.00. The van der Waals surface area contributed by atoms with Crippen LogP contribution in [0.25, 0.3) is 0 Å². The summed E-state index contributed by atoms with van der Waals surface area (Å²) in [5.41, 5.74) is 0. The van der Waals surface area contributed by atoms with Crippen LogP contribution in [-0.2, 0) is 9.53 Å². The third-order valence-corrected chi connectivity index (χ3v) is 2.00. The number of cyclic esters (lactones) is 1. The van der Waals surface area contributed by atoms with E-state index < -0.39 is 0 Å². The Morgan fingerprint density at radius 1 is 1.82 bits per heavy atom. The smallest absolute Gasteiger partial charge is 0.313 e. The first-order valence-corrected chi connectivity index (χ1v) is 4.11. The Morgan fingerprint density at radius 2 is 2.55 bits per heavy atom. The van der Waals surface area contributed by atoms with E-state index >= 15 is 0 Å². The number of carbonyl (C=O) groups excluding carboxylic acids is 1. The first-order valence-electron chi connectivity index (χ1n) is 4.11. The molecule has 2 atom stereocenters. The van der Waals surface area contributed by atoms with E-state index in [1.54, 1.807) is 6.08 Å². The predicted octanol–water partition coefficient (Wildman–Crippen LogP) is 1.90. The van der Waals surface area contributed by atoms with Gasteiger partial charge in [-0.3, -0.25) is 4.79 Å². The van der Waals surface area contributed by atoms with E-state index in [0.717, 1.165) is 19.3 Å². The van der Waals surface area contributed by atoms with Gasteiger partial charge in [0, 0.05) is 6.42 Å². The molecule has 0 N–H and O–H groups in total. The summed E-state index contributed by atoms with van der Waals surface area (Å²) < 4.78 is 5.10. The Morgan fingerprint density at radius 3 is 3.00 bits per heavy atom. The van der Waals surface area contributed by atoms with Crippen LogP contribution >= 0.6 is 0 Å². The highest BCUT2D eigenvalue weighted by atomic mass is 16.5. The van der Waals surface area contributed by atoms with E-state index in [1.165, 1.54) is 0 Å². The van der Waals surface area contributed by atoms with E-state index in [4.69, 9.17) is 4.74 Å². The van der Waals surface area contributed by atoms with Crippen LogP contribution in [0.4, 0.5) is 0 Å². The average molecular weight is 154 g/mol. The van der Waals surface area contributed by atoms with E-state index in [9.17, 15) is 4.79 Å². The number of carbonyl (C=O) groups is 1. The second-order valence-corrected chi connectivity index (χ2v) is 2.93. The molecule has 0 amide bonds. The molecule has 2 heteroatoms. The molecular weight excluding hydrogens is 140 g/mol. The van der Waals surface area contributed by atoms with Crippen LogP contribution in [0.5, 0.6) is 0 Å². The molecule has 0 saturated carbocycles.